The molecule has 0 heterocycles. The maximum atomic E-state index is 11.5. The number of anilines is 1. The zero-order chi connectivity index (χ0) is 12.1. The molecule has 0 bridgehead atoms. The van der Waals surface area contributed by atoms with E-state index in [1.165, 1.54) is 0 Å². The first kappa shape index (κ1) is 12.8. The van der Waals surface area contributed by atoms with Gasteiger partial charge >= 0.3 is 6.03 Å². The number of guanidine groups is 1. The lowest BCUT2D eigenvalue weighted by Gasteiger charge is -2.11. The van der Waals surface area contributed by atoms with Crippen molar-refractivity contribution < 1.29 is 4.79 Å². The van der Waals surface area contributed by atoms with Gasteiger partial charge in [0, 0.05) is 10.6 Å². The quantitative estimate of drug-likeness (QED) is 0.360. The van der Waals surface area contributed by atoms with Crippen LogP contribution >= 0.6 is 22.6 Å². The van der Waals surface area contributed by atoms with Crippen LogP contribution in [0, 0.1) is 15.9 Å². The second-order valence-electron chi connectivity index (χ2n) is 3.14. The molecule has 0 atom stereocenters. The van der Waals surface area contributed by atoms with Crippen molar-refractivity contribution in [1.82, 2.24) is 10.6 Å². The molecule has 5 nitrogen and oxygen atoms in total. The van der Waals surface area contributed by atoms with Crippen molar-refractivity contribution in [2.24, 2.45) is 0 Å². The molecule has 1 aromatic carbocycles. The van der Waals surface area contributed by atoms with Crippen molar-refractivity contribution >= 4 is 40.3 Å². The van der Waals surface area contributed by atoms with Gasteiger partial charge in [-0.3, -0.25) is 10.7 Å². The lowest BCUT2D eigenvalue weighted by molar-refractivity contribution is 0.256. The summed E-state index contributed by atoms with van der Waals surface area (Å²) in [4.78, 5) is 11.5. The standard InChI is InChI=1S/C10H13IN4O/c1-6-4-3-5-7(11)8(6)14-10(16)15-9(12)13-2/h3-5H,1-2H3,(H4,12,13,14,15,16). The zero-order valence-corrected chi connectivity index (χ0v) is 11.2. The van der Waals surface area contributed by atoms with Crippen molar-refractivity contribution in [3.05, 3.63) is 27.3 Å². The molecule has 16 heavy (non-hydrogen) atoms. The van der Waals surface area contributed by atoms with Gasteiger partial charge in [-0.2, -0.15) is 0 Å². The first-order valence-corrected chi connectivity index (χ1v) is 5.72. The number of rotatable bonds is 1. The Morgan fingerprint density at radius 1 is 1.44 bits per heavy atom. The molecule has 0 aliphatic rings. The van der Waals surface area contributed by atoms with Crippen LogP contribution in [0.4, 0.5) is 10.5 Å². The highest BCUT2D eigenvalue weighted by molar-refractivity contribution is 14.1. The molecule has 0 aliphatic heterocycles. The van der Waals surface area contributed by atoms with Gasteiger partial charge in [-0.1, -0.05) is 12.1 Å². The van der Waals surface area contributed by atoms with E-state index in [0.29, 0.717) is 0 Å². The monoisotopic (exact) mass is 332 g/mol. The summed E-state index contributed by atoms with van der Waals surface area (Å²) in [5.74, 6) is -0.0407. The molecular weight excluding hydrogens is 319 g/mol. The summed E-state index contributed by atoms with van der Waals surface area (Å²) in [5.41, 5.74) is 1.75. The van der Waals surface area contributed by atoms with Crippen LogP contribution in [0.3, 0.4) is 0 Å². The third-order valence-corrected chi connectivity index (χ3v) is 2.85. The number of carbonyl (C=O) groups excluding carboxylic acids is 1. The molecule has 0 saturated carbocycles. The fraction of sp³-hybridized carbons (Fsp3) is 0.200. The lowest BCUT2D eigenvalue weighted by atomic mass is 10.2. The summed E-state index contributed by atoms with van der Waals surface area (Å²) in [7, 11) is 1.57. The van der Waals surface area contributed by atoms with Gasteiger partial charge in [-0.15, -0.1) is 0 Å². The normalized spacial score (nSPS) is 9.44. The summed E-state index contributed by atoms with van der Waals surface area (Å²) in [5, 5.41) is 14.8. The van der Waals surface area contributed by atoms with E-state index in [-0.39, 0.29) is 5.96 Å². The van der Waals surface area contributed by atoms with Crippen molar-refractivity contribution in [2.45, 2.75) is 6.92 Å². The number of aryl methyl sites for hydroxylation is 1. The first-order chi connectivity index (χ1) is 7.54. The molecule has 0 spiro atoms. The molecule has 0 radical (unpaired) electrons. The SMILES string of the molecule is CNC(=N)NC(=O)Nc1c(C)cccc1I. The van der Waals surface area contributed by atoms with Crippen molar-refractivity contribution in [2.75, 3.05) is 12.4 Å². The van der Waals surface area contributed by atoms with Gasteiger partial charge in [0.2, 0.25) is 0 Å². The maximum Gasteiger partial charge on any atom is 0.326 e. The Morgan fingerprint density at radius 2 is 2.12 bits per heavy atom. The average molecular weight is 332 g/mol. The molecule has 0 aliphatic carbocycles. The van der Waals surface area contributed by atoms with Crippen LogP contribution < -0.4 is 16.0 Å². The summed E-state index contributed by atoms with van der Waals surface area (Å²) >= 11 is 2.15. The van der Waals surface area contributed by atoms with Crippen LogP contribution in [0.2, 0.25) is 0 Å². The van der Waals surface area contributed by atoms with E-state index in [4.69, 9.17) is 5.41 Å². The van der Waals surface area contributed by atoms with Crippen LogP contribution in [0.5, 0.6) is 0 Å². The number of hydrogen-bond donors (Lipinski definition) is 4. The molecule has 0 unspecified atom stereocenters. The molecule has 0 saturated heterocycles. The molecule has 0 fully saturated rings. The van der Waals surface area contributed by atoms with E-state index in [1.54, 1.807) is 7.05 Å². The molecule has 6 heteroatoms. The van der Waals surface area contributed by atoms with Gasteiger partial charge in [-0.25, -0.2) is 4.79 Å². The van der Waals surface area contributed by atoms with Crippen LogP contribution in [-0.4, -0.2) is 19.0 Å². The molecule has 0 aromatic heterocycles. The smallest absolute Gasteiger partial charge is 0.326 e. The Labute approximate surface area is 108 Å². The first-order valence-electron chi connectivity index (χ1n) is 4.64. The van der Waals surface area contributed by atoms with E-state index < -0.39 is 6.03 Å². The maximum absolute atomic E-state index is 11.5. The number of carbonyl (C=O) groups is 1. The number of para-hydroxylation sites is 1. The van der Waals surface area contributed by atoms with Gasteiger partial charge in [0.1, 0.15) is 0 Å². The minimum Gasteiger partial charge on any atom is -0.359 e. The number of halogens is 1. The highest BCUT2D eigenvalue weighted by Gasteiger charge is 2.08. The van der Waals surface area contributed by atoms with Crippen molar-refractivity contribution in [3.8, 4) is 0 Å². The molecule has 2 amide bonds. The molecule has 86 valence electrons. The Hall–Kier alpha value is -1.31. The van der Waals surface area contributed by atoms with Gasteiger partial charge in [0.25, 0.3) is 0 Å². The highest BCUT2D eigenvalue weighted by Crippen LogP contribution is 2.21. The zero-order valence-electron chi connectivity index (χ0n) is 9.02. The minimum atomic E-state index is -0.424. The second kappa shape index (κ2) is 5.69. The number of hydrogen-bond acceptors (Lipinski definition) is 2. The van der Waals surface area contributed by atoms with E-state index in [0.717, 1.165) is 14.8 Å². The summed E-state index contributed by atoms with van der Waals surface area (Å²) in [6, 6.07) is 5.33. The summed E-state index contributed by atoms with van der Waals surface area (Å²) in [6.45, 7) is 1.92. The second-order valence-corrected chi connectivity index (χ2v) is 4.30. The van der Waals surface area contributed by atoms with Gasteiger partial charge in [-0.05, 0) is 41.1 Å². The van der Waals surface area contributed by atoms with Crippen LogP contribution in [0.1, 0.15) is 5.56 Å². The topological polar surface area (TPSA) is 77.0 Å². The van der Waals surface area contributed by atoms with E-state index in [2.05, 4.69) is 38.5 Å². The Bertz CT molecular complexity index is 399. The predicted molar refractivity (Wildman–Crippen MR) is 72.8 cm³/mol. The minimum absolute atomic E-state index is 0.0407. The molecule has 1 rings (SSSR count). The summed E-state index contributed by atoms with van der Waals surface area (Å²) in [6.07, 6.45) is 0. The fourth-order valence-electron chi connectivity index (χ4n) is 1.11. The number of amides is 2. The van der Waals surface area contributed by atoms with Crippen LogP contribution in [0.25, 0.3) is 0 Å². The van der Waals surface area contributed by atoms with Crippen LogP contribution in [0.15, 0.2) is 18.2 Å². The van der Waals surface area contributed by atoms with Crippen LogP contribution in [-0.2, 0) is 0 Å². The number of urea groups is 1. The fourth-order valence-corrected chi connectivity index (χ4v) is 1.88. The third kappa shape index (κ3) is 3.37. The Morgan fingerprint density at radius 3 is 2.69 bits per heavy atom. The largest absolute Gasteiger partial charge is 0.359 e. The van der Waals surface area contributed by atoms with Gasteiger partial charge in [0.05, 0.1) is 5.69 Å². The highest BCUT2D eigenvalue weighted by atomic mass is 127. The number of nitrogens with one attached hydrogen (secondary N) is 4. The molecule has 1 aromatic rings. The lowest BCUT2D eigenvalue weighted by Crippen LogP contribution is -2.40. The van der Waals surface area contributed by atoms with Crippen molar-refractivity contribution in [1.29, 1.82) is 5.41 Å². The van der Waals surface area contributed by atoms with Crippen molar-refractivity contribution in [3.63, 3.8) is 0 Å². The molecular formula is C10H13IN4O. The van der Waals surface area contributed by atoms with Gasteiger partial charge in [0.15, 0.2) is 5.96 Å². The van der Waals surface area contributed by atoms with E-state index in [9.17, 15) is 4.79 Å². The predicted octanol–water partition coefficient (Wildman–Crippen LogP) is 1.88. The van der Waals surface area contributed by atoms with Gasteiger partial charge < -0.3 is 10.6 Å². The molecule has 4 N–H and O–H groups in total. The average Bonchev–Trinajstić information content (AvgIpc) is 2.23. The Kier molecular flexibility index (Phi) is 4.53. The number of benzene rings is 1. The van der Waals surface area contributed by atoms with E-state index >= 15 is 0 Å². The van der Waals surface area contributed by atoms with E-state index in [1.807, 2.05) is 25.1 Å². The Balaban J connectivity index is 2.73. The summed E-state index contributed by atoms with van der Waals surface area (Å²) < 4.78 is 0.962. The third-order valence-electron chi connectivity index (χ3n) is 1.95.